The van der Waals surface area contributed by atoms with Crippen molar-refractivity contribution in [2.75, 3.05) is 6.61 Å². The van der Waals surface area contributed by atoms with Crippen LogP contribution in [-0.2, 0) is 0 Å². The number of aromatic nitrogens is 1. The van der Waals surface area contributed by atoms with Gasteiger partial charge in [-0.25, -0.2) is 4.98 Å². The summed E-state index contributed by atoms with van der Waals surface area (Å²) in [6.07, 6.45) is 4.01. The fraction of sp³-hybridized carbons (Fsp3) is 0.133. The molecule has 0 aliphatic heterocycles. The number of rotatable bonds is 4. The molecule has 0 amide bonds. The fourth-order valence-corrected chi connectivity index (χ4v) is 1.70. The van der Waals surface area contributed by atoms with Gasteiger partial charge < -0.3 is 4.74 Å². The standard InChI is InChI=1S/C15H14BrNO/c1-12-14(16)9-10-15(17-12)18-11-5-8-13-6-3-2-4-7-13/h2-10H,11H2,1H3/b8-5+. The second kappa shape index (κ2) is 6.36. The van der Waals surface area contributed by atoms with Gasteiger partial charge in [0.1, 0.15) is 6.61 Å². The van der Waals surface area contributed by atoms with Crippen molar-refractivity contribution in [2.45, 2.75) is 6.92 Å². The molecule has 0 radical (unpaired) electrons. The summed E-state index contributed by atoms with van der Waals surface area (Å²) in [5.74, 6) is 0.647. The Hall–Kier alpha value is -1.61. The van der Waals surface area contributed by atoms with Gasteiger partial charge in [0, 0.05) is 10.5 Å². The van der Waals surface area contributed by atoms with Crippen molar-refractivity contribution in [3.63, 3.8) is 0 Å². The molecule has 0 bridgehead atoms. The summed E-state index contributed by atoms with van der Waals surface area (Å²) in [5.41, 5.74) is 2.10. The summed E-state index contributed by atoms with van der Waals surface area (Å²) in [6, 6.07) is 13.9. The van der Waals surface area contributed by atoms with E-state index in [-0.39, 0.29) is 0 Å². The molecule has 0 aliphatic rings. The maximum atomic E-state index is 5.54. The third-order valence-electron chi connectivity index (χ3n) is 2.43. The highest BCUT2D eigenvalue weighted by molar-refractivity contribution is 9.10. The minimum absolute atomic E-state index is 0.517. The van der Waals surface area contributed by atoms with Crippen molar-refractivity contribution >= 4 is 22.0 Å². The van der Waals surface area contributed by atoms with Crippen molar-refractivity contribution in [1.82, 2.24) is 4.98 Å². The Morgan fingerprint density at radius 2 is 1.94 bits per heavy atom. The number of ether oxygens (including phenoxy) is 1. The lowest BCUT2D eigenvalue weighted by Crippen LogP contribution is -1.96. The van der Waals surface area contributed by atoms with E-state index in [1.807, 2.05) is 49.4 Å². The molecule has 0 saturated carbocycles. The molecular formula is C15H14BrNO. The molecule has 2 nitrogen and oxygen atoms in total. The van der Waals surface area contributed by atoms with Crippen molar-refractivity contribution in [3.05, 3.63) is 64.3 Å². The van der Waals surface area contributed by atoms with E-state index < -0.39 is 0 Å². The number of aryl methyl sites for hydroxylation is 1. The minimum atomic E-state index is 0.517. The van der Waals surface area contributed by atoms with E-state index in [4.69, 9.17) is 4.74 Å². The van der Waals surface area contributed by atoms with E-state index in [9.17, 15) is 0 Å². The molecule has 0 spiro atoms. The number of pyridine rings is 1. The van der Waals surface area contributed by atoms with E-state index in [1.54, 1.807) is 0 Å². The van der Waals surface area contributed by atoms with Crippen LogP contribution < -0.4 is 4.74 Å². The molecule has 0 N–H and O–H groups in total. The number of nitrogens with zero attached hydrogens (tertiary/aromatic N) is 1. The van der Waals surface area contributed by atoms with Crippen molar-refractivity contribution in [1.29, 1.82) is 0 Å². The van der Waals surface area contributed by atoms with E-state index >= 15 is 0 Å². The van der Waals surface area contributed by atoms with Gasteiger partial charge in [-0.3, -0.25) is 0 Å². The molecular weight excluding hydrogens is 290 g/mol. The third-order valence-corrected chi connectivity index (χ3v) is 3.27. The number of hydrogen-bond acceptors (Lipinski definition) is 2. The molecule has 3 heteroatoms. The monoisotopic (exact) mass is 303 g/mol. The lowest BCUT2D eigenvalue weighted by molar-refractivity contribution is 0.348. The third kappa shape index (κ3) is 3.70. The molecule has 0 saturated heterocycles. The van der Waals surface area contributed by atoms with Gasteiger partial charge in [-0.05, 0) is 40.6 Å². The Kier molecular flexibility index (Phi) is 4.53. The van der Waals surface area contributed by atoms with Crippen molar-refractivity contribution < 1.29 is 4.74 Å². The zero-order valence-electron chi connectivity index (χ0n) is 10.1. The highest BCUT2D eigenvalue weighted by Crippen LogP contribution is 2.17. The molecule has 0 atom stereocenters. The van der Waals surface area contributed by atoms with Gasteiger partial charge in [0.2, 0.25) is 5.88 Å². The van der Waals surface area contributed by atoms with E-state index in [2.05, 4.69) is 33.0 Å². The van der Waals surface area contributed by atoms with E-state index in [1.165, 1.54) is 5.56 Å². The predicted octanol–water partition coefficient (Wildman–Crippen LogP) is 4.24. The molecule has 0 unspecified atom stereocenters. The van der Waals surface area contributed by atoms with Crippen molar-refractivity contribution in [2.24, 2.45) is 0 Å². The highest BCUT2D eigenvalue weighted by Gasteiger charge is 1.98. The van der Waals surface area contributed by atoms with Crippen LogP contribution in [0.25, 0.3) is 6.08 Å². The summed E-state index contributed by atoms with van der Waals surface area (Å²) in [7, 11) is 0. The van der Waals surface area contributed by atoms with Gasteiger partial charge in [0.25, 0.3) is 0 Å². The molecule has 2 aromatic rings. The van der Waals surface area contributed by atoms with Gasteiger partial charge in [0.15, 0.2) is 0 Å². The highest BCUT2D eigenvalue weighted by atomic mass is 79.9. The lowest BCUT2D eigenvalue weighted by atomic mass is 10.2. The Labute approximate surface area is 115 Å². The van der Waals surface area contributed by atoms with Crippen molar-refractivity contribution in [3.8, 4) is 5.88 Å². The first-order valence-corrected chi connectivity index (χ1v) is 6.52. The Balaban J connectivity index is 1.89. The van der Waals surface area contributed by atoms with Gasteiger partial charge in [-0.15, -0.1) is 0 Å². The van der Waals surface area contributed by atoms with Crippen LogP contribution >= 0.6 is 15.9 Å². The normalized spacial score (nSPS) is 10.8. The largest absolute Gasteiger partial charge is 0.473 e. The molecule has 0 fully saturated rings. The van der Waals surface area contributed by atoms with Gasteiger partial charge in [-0.2, -0.15) is 0 Å². The quantitative estimate of drug-likeness (QED) is 0.842. The van der Waals surface area contributed by atoms with Crippen LogP contribution in [0.2, 0.25) is 0 Å². The Morgan fingerprint density at radius 1 is 1.17 bits per heavy atom. The summed E-state index contributed by atoms with van der Waals surface area (Å²) >= 11 is 3.41. The summed E-state index contributed by atoms with van der Waals surface area (Å²) < 4.78 is 6.54. The molecule has 1 aromatic heterocycles. The van der Waals surface area contributed by atoms with Crippen LogP contribution in [0.3, 0.4) is 0 Å². The predicted molar refractivity (Wildman–Crippen MR) is 77.6 cm³/mol. The zero-order chi connectivity index (χ0) is 12.8. The van der Waals surface area contributed by atoms with E-state index in [0.29, 0.717) is 12.5 Å². The van der Waals surface area contributed by atoms with Gasteiger partial charge in [0.05, 0.1) is 5.69 Å². The van der Waals surface area contributed by atoms with Crippen LogP contribution in [0, 0.1) is 6.92 Å². The summed E-state index contributed by atoms with van der Waals surface area (Å²) in [4.78, 5) is 4.31. The summed E-state index contributed by atoms with van der Waals surface area (Å²) in [6.45, 7) is 2.46. The Morgan fingerprint density at radius 3 is 2.67 bits per heavy atom. The Bertz CT molecular complexity index is 537. The lowest BCUT2D eigenvalue weighted by Gasteiger charge is -2.03. The van der Waals surface area contributed by atoms with Crippen LogP contribution in [0.15, 0.2) is 53.0 Å². The van der Waals surface area contributed by atoms with Crippen LogP contribution in [0.4, 0.5) is 0 Å². The minimum Gasteiger partial charge on any atom is -0.473 e. The average Bonchev–Trinajstić information content (AvgIpc) is 2.40. The smallest absolute Gasteiger partial charge is 0.213 e. The van der Waals surface area contributed by atoms with E-state index in [0.717, 1.165) is 10.2 Å². The second-order valence-electron chi connectivity index (χ2n) is 3.84. The zero-order valence-corrected chi connectivity index (χ0v) is 11.7. The van der Waals surface area contributed by atoms with Crippen LogP contribution in [0.1, 0.15) is 11.3 Å². The molecule has 1 heterocycles. The number of halogens is 1. The molecule has 2 rings (SSSR count). The molecule has 0 aliphatic carbocycles. The second-order valence-corrected chi connectivity index (χ2v) is 4.70. The average molecular weight is 304 g/mol. The first-order valence-electron chi connectivity index (χ1n) is 5.73. The number of benzene rings is 1. The first kappa shape index (κ1) is 12.8. The van der Waals surface area contributed by atoms with Crippen LogP contribution in [0.5, 0.6) is 5.88 Å². The van der Waals surface area contributed by atoms with Crippen LogP contribution in [-0.4, -0.2) is 11.6 Å². The molecule has 18 heavy (non-hydrogen) atoms. The SMILES string of the molecule is Cc1nc(OC/C=C/c2ccccc2)ccc1Br. The molecule has 1 aromatic carbocycles. The van der Waals surface area contributed by atoms with Gasteiger partial charge >= 0.3 is 0 Å². The van der Waals surface area contributed by atoms with Gasteiger partial charge in [-0.1, -0.05) is 36.4 Å². The number of hydrogen-bond donors (Lipinski definition) is 0. The summed E-state index contributed by atoms with van der Waals surface area (Å²) in [5, 5.41) is 0. The topological polar surface area (TPSA) is 22.1 Å². The maximum Gasteiger partial charge on any atom is 0.213 e. The fourth-order valence-electron chi connectivity index (χ4n) is 1.48. The molecule has 92 valence electrons. The first-order chi connectivity index (χ1) is 8.75. The maximum absolute atomic E-state index is 5.54.